The predicted molar refractivity (Wildman–Crippen MR) is 68.0 cm³/mol. The molecule has 0 fully saturated rings. The Balaban J connectivity index is 3.27. The number of nitro benzene ring substituents is 1. The number of ether oxygens (including phenoxy) is 1. The van der Waals surface area contributed by atoms with E-state index in [-0.39, 0.29) is 41.7 Å². The highest BCUT2D eigenvalue weighted by molar-refractivity contribution is 7.91. The molecular formula is C11H15NO6S. The smallest absolute Gasteiger partial charge is 0.271 e. The minimum Gasteiger partial charge on any atom is -0.493 e. The SMILES string of the molecule is CCOc1ccc([N+](=O)[O-])cc1S(=O)(=O)CCCO. The van der Waals surface area contributed by atoms with Crippen molar-refractivity contribution in [2.24, 2.45) is 0 Å². The van der Waals surface area contributed by atoms with Gasteiger partial charge < -0.3 is 9.84 Å². The Morgan fingerprint density at radius 1 is 1.42 bits per heavy atom. The number of rotatable bonds is 7. The number of nitro groups is 1. The standard InChI is InChI=1S/C11H15NO6S/c1-2-18-10-5-4-9(12(14)15)8-11(10)19(16,17)7-3-6-13/h4-5,8,13H,2-3,6-7H2,1H3. The van der Waals surface area contributed by atoms with E-state index >= 15 is 0 Å². The highest BCUT2D eigenvalue weighted by Gasteiger charge is 2.22. The fraction of sp³-hybridized carbons (Fsp3) is 0.455. The summed E-state index contributed by atoms with van der Waals surface area (Å²) in [5.41, 5.74) is -0.314. The van der Waals surface area contributed by atoms with E-state index in [9.17, 15) is 18.5 Å². The maximum atomic E-state index is 12.0. The predicted octanol–water partition coefficient (Wildman–Crippen LogP) is 1.15. The van der Waals surface area contributed by atoms with Gasteiger partial charge in [-0.25, -0.2) is 8.42 Å². The summed E-state index contributed by atoms with van der Waals surface area (Å²) in [4.78, 5) is 9.82. The third-order valence-corrected chi connectivity index (χ3v) is 4.16. The molecule has 0 saturated heterocycles. The van der Waals surface area contributed by atoms with Crippen molar-refractivity contribution < 1.29 is 23.2 Å². The first-order valence-electron chi connectivity index (χ1n) is 5.67. The van der Waals surface area contributed by atoms with Crippen LogP contribution in [0.1, 0.15) is 13.3 Å². The fourth-order valence-electron chi connectivity index (χ4n) is 1.49. The summed E-state index contributed by atoms with van der Waals surface area (Å²) >= 11 is 0. The zero-order chi connectivity index (χ0) is 14.5. The molecule has 1 N–H and O–H groups in total. The lowest BCUT2D eigenvalue weighted by molar-refractivity contribution is -0.385. The van der Waals surface area contributed by atoms with E-state index in [2.05, 4.69) is 0 Å². The van der Waals surface area contributed by atoms with Gasteiger partial charge in [-0.05, 0) is 19.4 Å². The Bertz CT molecular complexity index is 554. The van der Waals surface area contributed by atoms with E-state index in [4.69, 9.17) is 9.84 Å². The van der Waals surface area contributed by atoms with E-state index < -0.39 is 14.8 Å². The first-order valence-corrected chi connectivity index (χ1v) is 7.32. The number of hydrogen-bond acceptors (Lipinski definition) is 6. The first-order chi connectivity index (χ1) is 8.92. The van der Waals surface area contributed by atoms with Crippen molar-refractivity contribution in [3.05, 3.63) is 28.3 Å². The minimum atomic E-state index is -3.72. The maximum Gasteiger partial charge on any atom is 0.271 e. The monoisotopic (exact) mass is 289 g/mol. The van der Waals surface area contributed by atoms with Crippen molar-refractivity contribution in [2.75, 3.05) is 19.0 Å². The van der Waals surface area contributed by atoms with Gasteiger partial charge in [-0.2, -0.15) is 0 Å². The van der Waals surface area contributed by atoms with E-state index in [1.165, 1.54) is 12.1 Å². The summed E-state index contributed by atoms with van der Waals surface area (Å²) in [6.07, 6.45) is 0.0661. The van der Waals surface area contributed by atoms with Gasteiger partial charge >= 0.3 is 0 Å². The van der Waals surface area contributed by atoms with Gasteiger partial charge in [0.05, 0.1) is 17.3 Å². The van der Waals surface area contributed by atoms with Crippen LogP contribution in [0.3, 0.4) is 0 Å². The Hall–Kier alpha value is -1.67. The van der Waals surface area contributed by atoms with E-state index in [0.717, 1.165) is 6.07 Å². The molecule has 106 valence electrons. The Morgan fingerprint density at radius 2 is 2.11 bits per heavy atom. The number of nitrogens with zero attached hydrogens (tertiary/aromatic N) is 1. The molecule has 1 aromatic carbocycles. The molecule has 0 heterocycles. The van der Waals surface area contributed by atoms with Gasteiger partial charge in [0.2, 0.25) is 0 Å². The molecule has 0 atom stereocenters. The number of aliphatic hydroxyl groups excluding tert-OH is 1. The molecule has 0 unspecified atom stereocenters. The van der Waals surface area contributed by atoms with Crippen LogP contribution in [0.15, 0.2) is 23.1 Å². The van der Waals surface area contributed by atoms with Crippen LogP contribution in [0.4, 0.5) is 5.69 Å². The molecule has 0 aliphatic carbocycles. The quantitative estimate of drug-likeness (QED) is 0.596. The topological polar surface area (TPSA) is 107 Å². The molecule has 0 bridgehead atoms. The first kappa shape index (κ1) is 15.4. The molecular weight excluding hydrogens is 274 g/mol. The van der Waals surface area contributed by atoms with E-state index in [0.29, 0.717) is 0 Å². The second kappa shape index (κ2) is 6.48. The summed E-state index contributed by atoms with van der Waals surface area (Å²) in [7, 11) is -3.72. The van der Waals surface area contributed by atoms with Crippen LogP contribution in [-0.4, -0.2) is 37.4 Å². The van der Waals surface area contributed by atoms with Crippen molar-refractivity contribution in [2.45, 2.75) is 18.2 Å². The lowest BCUT2D eigenvalue weighted by Crippen LogP contribution is -2.11. The van der Waals surface area contributed by atoms with Gasteiger partial charge in [-0.1, -0.05) is 0 Å². The summed E-state index contributed by atoms with van der Waals surface area (Å²) in [5.74, 6) is -0.198. The van der Waals surface area contributed by atoms with Crippen molar-refractivity contribution in [3.8, 4) is 5.75 Å². The van der Waals surface area contributed by atoms with Gasteiger partial charge in [0.25, 0.3) is 5.69 Å². The largest absolute Gasteiger partial charge is 0.493 e. The molecule has 0 saturated carbocycles. The molecule has 8 heteroatoms. The molecule has 0 aromatic heterocycles. The molecule has 0 spiro atoms. The Morgan fingerprint density at radius 3 is 2.63 bits per heavy atom. The highest BCUT2D eigenvalue weighted by atomic mass is 32.2. The highest BCUT2D eigenvalue weighted by Crippen LogP contribution is 2.29. The van der Waals surface area contributed by atoms with E-state index in [1.807, 2.05) is 0 Å². The summed E-state index contributed by atoms with van der Waals surface area (Å²) in [6, 6.07) is 3.45. The molecule has 1 rings (SSSR count). The summed E-state index contributed by atoms with van der Waals surface area (Å²) < 4.78 is 29.3. The van der Waals surface area contributed by atoms with Crippen LogP contribution in [0, 0.1) is 10.1 Å². The number of sulfone groups is 1. The number of hydrogen-bond donors (Lipinski definition) is 1. The second-order valence-corrected chi connectivity index (χ2v) is 5.79. The summed E-state index contributed by atoms with van der Waals surface area (Å²) in [6.45, 7) is 1.67. The van der Waals surface area contributed by atoms with Crippen molar-refractivity contribution in [1.82, 2.24) is 0 Å². The molecule has 1 aromatic rings. The van der Waals surface area contributed by atoms with Gasteiger partial charge in [0, 0.05) is 18.7 Å². The van der Waals surface area contributed by atoms with Crippen LogP contribution < -0.4 is 4.74 Å². The van der Waals surface area contributed by atoms with Crippen molar-refractivity contribution in [3.63, 3.8) is 0 Å². The second-order valence-electron chi connectivity index (χ2n) is 3.72. The lowest BCUT2D eigenvalue weighted by Gasteiger charge is -2.10. The Labute approximate surface area is 110 Å². The third kappa shape index (κ3) is 3.90. The van der Waals surface area contributed by atoms with E-state index in [1.54, 1.807) is 6.92 Å². The van der Waals surface area contributed by atoms with Crippen molar-refractivity contribution in [1.29, 1.82) is 0 Å². The van der Waals surface area contributed by atoms with Crippen molar-refractivity contribution >= 4 is 15.5 Å². The maximum absolute atomic E-state index is 12.0. The molecule has 19 heavy (non-hydrogen) atoms. The molecule has 0 radical (unpaired) electrons. The number of aliphatic hydroxyl groups is 1. The zero-order valence-corrected chi connectivity index (χ0v) is 11.2. The van der Waals surface area contributed by atoms with Gasteiger partial charge in [-0.15, -0.1) is 0 Å². The Kier molecular flexibility index (Phi) is 5.25. The lowest BCUT2D eigenvalue weighted by atomic mass is 10.3. The van der Waals surface area contributed by atoms with Crippen LogP contribution in [0.5, 0.6) is 5.75 Å². The molecule has 0 aliphatic rings. The van der Waals surface area contributed by atoms with Gasteiger partial charge in [0.15, 0.2) is 9.84 Å². The minimum absolute atomic E-state index is 0.0661. The molecule has 7 nitrogen and oxygen atoms in total. The van der Waals surface area contributed by atoms with Gasteiger partial charge in [-0.3, -0.25) is 10.1 Å². The van der Waals surface area contributed by atoms with Crippen LogP contribution in [0.25, 0.3) is 0 Å². The van der Waals surface area contributed by atoms with Gasteiger partial charge in [0.1, 0.15) is 10.6 Å². The normalized spacial score (nSPS) is 11.3. The third-order valence-electron chi connectivity index (χ3n) is 2.34. The summed E-state index contributed by atoms with van der Waals surface area (Å²) in [5, 5.41) is 19.4. The molecule has 0 aliphatic heterocycles. The fourth-order valence-corrected chi connectivity index (χ4v) is 2.96. The van der Waals surface area contributed by atoms with Crippen LogP contribution in [-0.2, 0) is 9.84 Å². The van der Waals surface area contributed by atoms with Crippen LogP contribution in [0.2, 0.25) is 0 Å². The average molecular weight is 289 g/mol. The zero-order valence-electron chi connectivity index (χ0n) is 10.4. The number of non-ortho nitro benzene ring substituents is 1. The number of benzene rings is 1. The molecule has 0 amide bonds. The average Bonchev–Trinajstić information content (AvgIpc) is 2.37. The van der Waals surface area contributed by atoms with Crippen LogP contribution >= 0.6 is 0 Å².